The van der Waals surface area contributed by atoms with Crippen molar-refractivity contribution in [3.8, 4) is 0 Å². The van der Waals surface area contributed by atoms with Crippen molar-refractivity contribution in [3.63, 3.8) is 0 Å². The lowest BCUT2D eigenvalue weighted by Crippen LogP contribution is -2.37. The van der Waals surface area contributed by atoms with Crippen LogP contribution in [0.5, 0.6) is 0 Å². The van der Waals surface area contributed by atoms with Crippen molar-refractivity contribution in [2.24, 2.45) is 4.99 Å². The number of rotatable bonds is 6. The molecule has 1 heterocycles. The van der Waals surface area contributed by atoms with Crippen molar-refractivity contribution in [3.05, 3.63) is 28.2 Å². The predicted octanol–water partition coefficient (Wildman–Crippen LogP) is 2.31. The summed E-state index contributed by atoms with van der Waals surface area (Å²) in [6.45, 7) is 5.34. The van der Waals surface area contributed by atoms with Crippen molar-refractivity contribution in [2.45, 2.75) is 38.5 Å². The molecule has 2 rings (SSSR count). The molecule has 0 amide bonds. The lowest BCUT2D eigenvalue weighted by Gasteiger charge is -2.09. The van der Waals surface area contributed by atoms with E-state index in [2.05, 4.69) is 22.2 Å². The Morgan fingerprint density at radius 3 is 3.00 bits per heavy atom. The smallest absolute Gasteiger partial charge is 0.191 e. The lowest BCUT2D eigenvalue weighted by atomic mass is 10.0. The molecule has 1 aliphatic carbocycles. The minimum absolute atomic E-state index is 0.735. The van der Waals surface area contributed by atoms with Crippen molar-refractivity contribution in [1.29, 1.82) is 0 Å². The van der Waals surface area contributed by atoms with Gasteiger partial charge in [-0.05, 0) is 32.1 Å². The topological polar surface area (TPSA) is 49.3 Å². The first kappa shape index (κ1) is 15.0. The monoisotopic (exact) mass is 292 g/mol. The minimum Gasteiger partial charge on any atom is -0.356 e. The van der Waals surface area contributed by atoms with E-state index < -0.39 is 0 Å². The maximum absolute atomic E-state index is 4.77. The van der Waals surface area contributed by atoms with Gasteiger partial charge in [0.2, 0.25) is 0 Å². The van der Waals surface area contributed by atoms with Crippen LogP contribution in [0.15, 0.2) is 17.6 Å². The number of aryl methyl sites for hydroxylation is 3. The second kappa shape index (κ2) is 8.04. The van der Waals surface area contributed by atoms with Crippen LogP contribution in [0.3, 0.4) is 0 Å². The highest BCUT2D eigenvalue weighted by Gasteiger charge is 2.14. The SMILES string of the molecule is C=CCNC(=NC)NCCCc1nc2c(s1)CCCC2. The van der Waals surface area contributed by atoms with E-state index in [1.54, 1.807) is 7.05 Å². The number of guanidine groups is 1. The molecule has 4 nitrogen and oxygen atoms in total. The van der Waals surface area contributed by atoms with Crippen LogP contribution in [0.2, 0.25) is 0 Å². The highest BCUT2D eigenvalue weighted by atomic mass is 32.1. The largest absolute Gasteiger partial charge is 0.356 e. The van der Waals surface area contributed by atoms with Crippen molar-refractivity contribution < 1.29 is 0 Å². The van der Waals surface area contributed by atoms with Gasteiger partial charge in [0.25, 0.3) is 0 Å². The third-order valence-electron chi connectivity index (χ3n) is 3.39. The van der Waals surface area contributed by atoms with Gasteiger partial charge in [-0.1, -0.05) is 6.08 Å². The Bertz CT molecular complexity index is 441. The van der Waals surface area contributed by atoms with Gasteiger partial charge in [-0.3, -0.25) is 4.99 Å². The molecule has 0 atom stereocenters. The predicted molar refractivity (Wildman–Crippen MR) is 86.6 cm³/mol. The fraction of sp³-hybridized carbons (Fsp3) is 0.600. The first-order valence-electron chi connectivity index (χ1n) is 7.36. The summed E-state index contributed by atoms with van der Waals surface area (Å²) in [6.07, 6.45) is 9.04. The van der Waals surface area contributed by atoms with E-state index in [-0.39, 0.29) is 0 Å². The highest BCUT2D eigenvalue weighted by Crippen LogP contribution is 2.27. The van der Waals surface area contributed by atoms with E-state index in [9.17, 15) is 0 Å². The standard InChI is InChI=1S/C15H24N4S/c1-3-10-17-15(16-2)18-11-6-9-14-19-12-7-4-5-8-13(12)20-14/h3H,1,4-11H2,2H3,(H2,16,17,18). The zero-order chi connectivity index (χ0) is 14.2. The molecule has 0 saturated heterocycles. The van der Waals surface area contributed by atoms with Gasteiger partial charge in [0.05, 0.1) is 10.7 Å². The molecule has 0 bridgehead atoms. The molecule has 5 heteroatoms. The summed E-state index contributed by atoms with van der Waals surface area (Å²) in [4.78, 5) is 10.5. The Balaban J connectivity index is 1.70. The first-order valence-corrected chi connectivity index (χ1v) is 8.18. The van der Waals surface area contributed by atoms with E-state index in [0.717, 1.165) is 31.9 Å². The molecule has 110 valence electrons. The summed E-state index contributed by atoms with van der Waals surface area (Å²) in [5.74, 6) is 0.836. The van der Waals surface area contributed by atoms with Crippen molar-refractivity contribution in [1.82, 2.24) is 15.6 Å². The Morgan fingerprint density at radius 1 is 1.40 bits per heavy atom. The highest BCUT2D eigenvalue weighted by molar-refractivity contribution is 7.11. The van der Waals surface area contributed by atoms with Crippen LogP contribution >= 0.6 is 11.3 Å². The fourth-order valence-corrected chi connectivity index (χ4v) is 3.55. The van der Waals surface area contributed by atoms with Crippen molar-refractivity contribution in [2.75, 3.05) is 20.1 Å². The summed E-state index contributed by atoms with van der Waals surface area (Å²) < 4.78 is 0. The van der Waals surface area contributed by atoms with Gasteiger partial charge in [-0.25, -0.2) is 4.98 Å². The molecule has 20 heavy (non-hydrogen) atoms. The van der Waals surface area contributed by atoms with E-state index in [1.165, 1.54) is 41.3 Å². The average molecular weight is 292 g/mol. The molecule has 0 unspecified atom stereocenters. The molecule has 0 aliphatic heterocycles. The zero-order valence-electron chi connectivity index (χ0n) is 12.2. The van der Waals surface area contributed by atoms with Crippen LogP contribution in [0.25, 0.3) is 0 Å². The first-order chi connectivity index (χ1) is 9.83. The maximum Gasteiger partial charge on any atom is 0.191 e. The second-order valence-electron chi connectivity index (χ2n) is 4.96. The third kappa shape index (κ3) is 4.34. The summed E-state index contributed by atoms with van der Waals surface area (Å²) in [6, 6.07) is 0. The quantitative estimate of drug-likeness (QED) is 0.366. The van der Waals surface area contributed by atoms with E-state index in [4.69, 9.17) is 4.98 Å². The van der Waals surface area contributed by atoms with Gasteiger partial charge in [0.15, 0.2) is 5.96 Å². The summed E-state index contributed by atoms with van der Waals surface area (Å²) in [5.41, 5.74) is 1.37. The van der Waals surface area contributed by atoms with E-state index in [0.29, 0.717) is 0 Å². The number of nitrogens with zero attached hydrogens (tertiary/aromatic N) is 2. The lowest BCUT2D eigenvalue weighted by molar-refractivity contribution is 0.678. The van der Waals surface area contributed by atoms with Gasteiger partial charge >= 0.3 is 0 Å². The number of hydrogen-bond donors (Lipinski definition) is 2. The summed E-state index contributed by atoms with van der Waals surface area (Å²) in [5, 5.41) is 7.77. The Hall–Kier alpha value is -1.36. The van der Waals surface area contributed by atoms with Crippen LogP contribution in [0.1, 0.15) is 34.8 Å². The van der Waals surface area contributed by atoms with Crippen LogP contribution in [0.4, 0.5) is 0 Å². The molecule has 0 aromatic carbocycles. The van der Waals surface area contributed by atoms with Crippen LogP contribution in [0, 0.1) is 0 Å². The molecule has 2 N–H and O–H groups in total. The van der Waals surface area contributed by atoms with Crippen LogP contribution < -0.4 is 10.6 Å². The maximum atomic E-state index is 4.77. The molecular formula is C15H24N4S. The molecule has 1 aliphatic rings. The average Bonchev–Trinajstić information content (AvgIpc) is 2.89. The molecular weight excluding hydrogens is 268 g/mol. The van der Waals surface area contributed by atoms with Crippen LogP contribution in [-0.4, -0.2) is 31.1 Å². The van der Waals surface area contributed by atoms with Crippen LogP contribution in [-0.2, 0) is 19.3 Å². The molecule has 0 saturated carbocycles. The Labute approximate surface area is 125 Å². The Morgan fingerprint density at radius 2 is 2.25 bits per heavy atom. The molecule has 1 aromatic rings. The van der Waals surface area contributed by atoms with E-state index in [1.807, 2.05) is 17.4 Å². The van der Waals surface area contributed by atoms with Gasteiger partial charge in [-0.2, -0.15) is 0 Å². The number of aromatic nitrogens is 1. The van der Waals surface area contributed by atoms with Gasteiger partial charge in [0.1, 0.15) is 0 Å². The second-order valence-corrected chi connectivity index (χ2v) is 6.12. The normalized spacial score (nSPS) is 14.8. The van der Waals surface area contributed by atoms with Crippen molar-refractivity contribution >= 4 is 17.3 Å². The molecule has 0 spiro atoms. The number of thiazole rings is 1. The van der Waals surface area contributed by atoms with Gasteiger partial charge in [-0.15, -0.1) is 17.9 Å². The van der Waals surface area contributed by atoms with Gasteiger partial charge in [0, 0.05) is 31.4 Å². The van der Waals surface area contributed by atoms with Gasteiger partial charge < -0.3 is 10.6 Å². The van der Waals surface area contributed by atoms with E-state index >= 15 is 0 Å². The third-order valence-corrected chi connectivity index (χ3v) is 4.60. The summed E-state index contributed by atoms with van der Waals surface area (Å²) >= 11 is 1.92. The fourth-order valence-electron chi connectivity index (χ4n) is 2.35. The molecule has 1 aromatic heterocycles. The minimum atomic E-state index is 0.735. The Kier molecular flexibility index (Phi) is 6.05. The zero-order valence-corrected chi connectivity index (χ0v) is 13.1. The number of aliphatic imine (C=N–C) groups is 1. The number of nitrogens with one attached hydrogen (secondary N) is 2. The molecule has 0 radical (unpaired) electrons. The molecule has 0 fully saturated rings. The number of fused-ring (bicyclic) bond motifs is 1. The number of hydrogen-bond acceptors (Lipinski definition) is 3. The summed E-state index contributed by atoms with van der Waals surface area (Å²) in [7, 11) is 1.79.